The minimum atomic E-state index is 0.620. The fourth-order valence-corrected chi connectivity index (χ4v) is 10.6. The molecule has 13 aromatic rings. The van der Waals surface area contributed by atoms with Crippen molar-refractivity contribution in [3.05, 3.63) is 212 Å². The van der Waals surface area contributed by atoms with Crippen LogP contribution in [0.15, 0.2) is 212 Å². The molecule has 64 heavy (non-hydrogen) atoms. The number of nitrogens with zero attached hydrogens (tertiary/aromatic N) is 5. The number of hydrogen-bond donors (Lipinski definition) is 0. The predicted octanol–water partition coefficient (Wildman–Crippen LogP) is 15.4. The van der Waals surface area contributed by atoms with Gasteiger partial charge in [-0.2, -0.15) is 0 Å². The van der Waals surface area contributed by atoms with Gasteiger partial charge in [0.2, 0.25) is 0 Å². The Morgan fingerprint density at radius 1 is 0.344 bits per heavy atom. The van der Waals surface area contributed by atoms with Gasteiger partial charge >= 0.3 is 0 Å². The van der Waals surface area contributed by atoms with Crippen LogP contribution in [-0.4, -0.2) is 24.5 Å². The topological polar surface area (TPSA) is 56.5 Å². The van der Waals surface area contributed by atoms with Crippen molar-refractivity contribution >= 4 is 75.0 Å². The fourth-order valence-electron chi connectivity index (χ4n) is 9.41. The molecule has 13 rings (SSSR count). The molecule has 0 spiro atoms. The number of para-hydroxylation sites is 2. The summed E-state index contributed by atoms with van der Waals surface area (Å²) in [5.41, 5.74) is 11.5. The molecule has 4 heterocycles. The zero-order valence-electron chi connectivity index (χ0n) is 34.4. The van der Waals surface area contributed by atoms with Crippen molar-refractivity contribution in [2.24, 2.45) is 0 Å². The van der Waals surface area contributed by atoms with E-state index < -0.39 is 0 Å². The van der Waals surface area contributed by atoms with Crippen LogP contribution < -0.4 is 0 Å². The molecule has 0 aliphatic heterocycles. The lowest BCUT2D eigenvalue weighted by atomic mass is 9.97. The number of pyridine rings is 1. The van der Waals surface area contributed by atoms with Crippen molar-refractivity contribution < 1.29 is 0 Å². The molecule has 6 heteroatoms. The molecule has 0 aliphatic carbocycles. The Bertz CT molecular complexity index is 3890. The molecule has 0 aliphatic rings. The largest absolute Gasteiger partial charge is 0.309 e. The van der Waals surface area contributed by atoms with Crippen molar-refractivity contribution in [3.8, 4) is 62.2 Å². The minimum absolute atomic E-state index is 0.620. The maximum absolute atomic E-state index is 5.36. The first-order valence-electron chi connectivity index (χ1n) is 21.5. The zero-order valence-corrected chi connectivity index (χ0v) is 35.2. The highest BCUT2D eigenvalue weighted by Crippen LogP contribution is 2.45. The summed E-state index contributed by atoms with van der Waals surface area (Å²) in [7, 11) is 0. The predicted molar refractivity (Wildman–Crippen MR) is 267 cm³/mol. The second-order valence-corrected chi connectivity index (χ2v) is 17.2. The molecule has 0 saturated carbocycles. The smallest absolute Gasteiger partial charge is 0.164 e. The van der Waals surface area contributed by atoms with Gasteiger partial charge in [-0.1, -0.05) is 176 Å². The molecule has 0 atom stereocenters. The normalized spacial score (nSPS) is 11.8. The molecule has 0 fully saturated rings. The maximum atomic E-state index is 5.36. The highest BCUT2D eigenvalue weighted by atomic mass is 32.1. The van der Waals surface area contributed by atoms with Crippen LogP contribution in [0.1, 0.15) is 0 Å². The van der Waals surface area contributed by atoms with Gasteiger partial charge in [0.05, 0.1) is 26.9 Å². The van der Waals surface area contributed by atoms with Gasteiger partial charge in [0.1, 0.15) is 0 Å². The van der Waals surface area contributed by atoms with E-state index >= 15 is 0 Å². The van der Waals surface area contributed by atoms with E-state index in [9.17, 15) is 0 Å². The third-order valence-corrected chi connectivity index (χ3v) is 13.6. The van der Waals surface area contributed by atoms with E-state index in [4.69, 9.17) is 19.9 Å². The van der Waals surface area contributed by atoms with Crippen molar-refractivity contribution in [1.29, 1.82) is 0 Å². The third-order valence-electron chi connectivity index (χ3n) is 12.4. The first-order chi connectivity index (χ1) is 31.7. The van der Waals surface area contributed by atoms with Crippen LogP contribution in [-0.2, 0) is 0 Å². The first-order valence-corrected chi connectivity index (χ1v) is 22.3. The van der Waals surface area contributed by atoms with Gasteiger partial charge in [0.25, 0.3) is 0 Å². The molecule has 0 radical (unpaired) electrons. The third kappa shape index (κ3) is 5.92. The molecule has 0 N–H and O–H groups in total. The minimum Gasteiger partial charge on any atom is -0.309 e. The average molecular weight is 834 g/mol. The fraction of sp³-hybridized carbons (Fsp3) is 0. The maximum Gasteiger partial charge on any atom is 0.164 e. The number of fused-ring (bicyclic) bond motifs is 10. The molecule has 9 aromatic carbocycles. The Kier molecular flexibility index (Phi) is 8.32. The Hall–Kier alpha value is -8.32. The molecular weight excluding hydrogens is 799 g/mol. The van der Waals surface area contributed by atoms with Crippen molar-refractivity contribution in [3.63, 3.8) is 0 Å². The molecule has 5 nitrogen and oxygen atoms in total. The van der Waals surface area contributed by atoms with Gasteiger partial charge in [0.15, 0.2) is 17.5 Å². The number of hydrogen-bond acceptors (Lipinski definition) is 5. The lowest BCUT2D eigenvalue weighted by Gasteiger charge is -2.12. The Morgan fingerprint density at radius 3 is 1.58 bits per heavy atom. The number of rotatable bonds is 6. The lowest BCUT2D eigenvalue weighted by molar-refractivity contribution is 1.07. The zero-order chi connectivity index (χ0) is 42.1. The monoisotopic (exact) mass is 833 g/mol. The van der Waals surface area contributed by atoms with Crippen LogP contribution in [0, 0.1) is 0 Å². The summed E-state index contributed by atoms with van der Waals surface area (Å²) in [6.07, 6.45) is 0. The van der Waals surface area contributed by atoms with E-state index in [0.29, 0.717) is 17.5 Å². The summed E-state index contributed by atoms with van der Waals surface area (Å²) in [5, 5.41) is 8.69. The Labute approximate surface area is 372 Å². The van der Waals surface area contributed by atoms with Crippen LogP contribution in [0.3, 0.4) is 0 Å². The van der Waals surface area contributed by atoms with E-state index in [0.717, 1.165) is 61.3 Å². The van der Waals surface area contributed by atoms with Crippen LogP contribution in [0.2, 0.25) is 0 Å². The molecule has 298 valence electrons. The quantitative estimate of drug-likeness (QED) is 0.157. The highest BCUT2D eigenvalue weighted by Gasteiger charge is 2.19. The lowest BCUT2D eigenvalue weighted by Crippen LogP contribution is -2.01. The first kappa shape index (κ1) is 36.3. The second kappa shape index (κ2) is 14.7. The van der Waals surface area contributed by atoms with E-state index in [2.05, 4.69) is 187 Å². The molecular formula is C58H35N5S. The molecule has 0 bridgehead atoms. The molecule has 0 amide bonds. The van der Waals surface area contributed by atoms with Crippen molar-refractivity contribution in [2.75, 3.05) is 0 Å². The van der Waals surface area contributed by atoms with Gasteiger partial charge < -0.3 is 4.57 Å². The summed E-state index contributed by atoms with van der Waals surface area (Å²) in [5.74, 6) is 1.87. The van der Waals surface area contributed by atoms with E-state index in [1.165, 1.54) is 47.1 Å². The SMILES string of the molecule is c1ccc(-c2nc(-c3ccc(-c4ccc(-c5nc6ccc7ccccc7c6c6c5sc5ccccc56)cc4)cc3)nc(-c3cccc(-n4c5ccccc5c5ccccc54)c3)n2)cc1. The van der Waals surface area contributed by atoms with E-state index in [1.54, 1.807) is 0 Å². The van der Waals surface area contributed by atoms with Crippen LogP contribution in [0.5, 0.6) is 0 Å². The van der Waals surface area contributed by atoms with Gasteiger partial charge in [-0.25, -0.2) is 19.9 Å². The summed E-state index contributed by atoms with van der Waals surface area (Å²) >= 11 is 1.83. The van der Waals surface area contributed by atoms with Crippen LogP contribution in [0.25, 0.3) is 126 Å². The van der Waals surface area contributed by atoms with Crippen molar-refractivity contribution in [2.45, 2.75) is 0 Å². The number of thiophene rings is 1. The standard InChI is InChI=1S/C58H35N5S/c1-2-14-40(15-3-1)56-60-57(62-58(61-56)42-16-12-17-43(35-42)63-49-22-9-6-19-45(49)46-20-7-10-23-50(46)63)41-31-27-37(28-32-41)36-25-29-39(30-26-36)54-55-53(47-21-8-11-24-51(47)64-55)52-44-18-5-4-13-38(44)33-34-48(52)59-54/h1-35H. The van der Waals surface area contributed by atoms with Gasteiger partial charge in [0, 0.05) is 59.6 Å². The van der Waals surface area contributed by atoms with Gasteiger partial charge in [-0.15, -0.1) is 11.3 Å². The average Bonchev–Trinajstić information content (AvgIpc) is 3.93. The van der Waals surface area contributed by atoms with Gasteiger partial charge in [-0.05, 0) is 58.3 Å². The van der Waals surface area contributed by atoms with Crippen LogP contribution >= 0.6 is 11.3 Å². The molecule has 0 saturated heterocycles. The van der Waals surface area contributed by atoms with Gasteiger partial charge in [-0.3, -0.25) is 0 Å². The Morgan fingerprint density at radius 2 is 0.875 bits per heavy atom. The van der Waals surface area contributed by atoms with Crippen molar-refractivity contribution in [1.82, 2.24) is 24.5 Å². The summed E-state index contributed by atoms with van der Waals surface area (Å²) < 4.78 is 4.81. The van der Waals surface area contributed by atoms with E-state index in [1.807, 2.05) is 41.7 Å². The highest BCUT2D eigenvalue weighted by molar-refractivity contribution is 7.26. The summed E-state index contributed by atoms with van der Waals surface area (Å²) in [6, 6.07) is 74.9. The summed E-state index contributed by atoms with van der Waals surface area (Å²) in [6.45, 7) is 0. The van der Waals surface area contributed by atoms with E-state index in [-0.39, 0.29) is 0 Å². The number of benzene rings is 9. The summed E-state index contributed by atoms with van der Waals surface area (Å²) in [4.78, 5) is 20.6. The molecule has 4 aromatic heterocycles. The Balaban J connectivity index is 0.871. The number of aromatic nitrogens is 5. The molecule has 0 unspecified atom stereocenters. The van der Waals surface area contributed by atoms with Crippen LogP contribution in [0.4, 0.5) is 0 Å². The second-order valence-electron chi connectivity index (χ2n) is 16.2.